The molecule has 1 N–H and O–H groups in total. The Bertz CT molecular complexity index is 1390. The summed E-state index contributed by atoms with van der Waals surface area (Å²) in [4.78, 5) is 34.0. The van der Waals surface area contributed by atoms with Gasteiger partial charge in [0.05, 0.1) is 11.4 Å². The maximum atomic E-state index is 13.9. The fourth-order valence-electron chi connectivity index (χ4n) is 4.47. The zero-order valence-electron chi connectivity index (χ0n) is 20.8. The van der Waals surface area contributed by atoms with Crippen molar-refractivity contribution >= 4 is 34.6 Å². The highest BCUT2D eigenvalue weighted by atomic mass is 19.1. The molecule has 0 saturated heterocycles. The Morgan fingerprint density at radius 3 is 2.51 bits per heavy atom. The summed E-state index contributed by atoms with van der Waals surface area (Å²) in [5, 5.41) is 2.77. The third kappa shape index (κ3) is 5.03. The molecule has 8 nitrogen and oxygen atoms in total. The van der Waals surface area contributed by atoms with E-state index in [1.54, 1.807) is 30.0 Å². The van der Waals surface area contributed by atoms with E-state index in [9.17, 15) is 14.0 Å². The molecule has 0 saturated carbocycles. The minimum Gasteiger partial charge on any atom is -0.454 e. The molecule has 0 bridgehead atoms. The van der Waals surface area contributed by atoms with Gasteiger partial charge in [-0.1, -0.05) is 6.07 Å². The summed E-state index contributed by atoms with van der Waals surface area (Å²) < 4.78 is 24.8. The van der Waals surface area contributed by atoms with Crippen LogP contribution in [0.15, 0.2) is 65.7 Å². The van der Waals surface area contributed by atoms with Crippen molar-refractivity contribution < 1.29 is 23.5 Å². The Labute approximate surface area is 214 Å². The first-order valence-electron chi connectivity index (χ1n) is 11.9. The molecular formula is C28H27FN4O4. The molecule has 0 spiro atoms. The lowest BCUT2D eigenvalue weighted by Gasteiger charge is -2.23. The molecule has 0 fully saturated rings. The van der Waals surface area contributed by atoms with Crippen LogP contribution in [0.3, 0.4) is 0 Å². The zero-order valence-corrected chi connectivity index (χ0v) is 20.8. The van der Waals surface area contributed by atoms with Crippen molar-refractivity contribution in [2.75, 3.05) is 44.2 Å². The van der Waals surface area contributed by atoms with Crippen molar-refractivity contribution in [1.82, 2.24) is 4.90 Å². The number of rotatable bonds is 7. The van der Waals surface area contributed by atoms with Gasteiger partial charge in [-0.15, -0.1) is 0 Å². The first-order chi connectivity index (χ1) is 17.8. The van der Waals surface area contributed by atoms with Crippen LogP contribution in [-0.2, 0) is 9.59 Å². The quantitative estimate of drug-likeness (QED) is 0.487. The SMILES string of the molecule is CC(=O)N(CCN(C)C)c1ccc(N=C(c2ccc3c(c2)OCO3)C2C(=O)Nc3cc(F)ccc32)cc1. The van der Waals surface area contributed by atoms with Gasteiger partial charge in [-0.05, 0) is 74.3 Å². The summed E-state index contributed by atoms with van der Waals surface area (Å²) in [6, 6.07) is 17.0. The predicted octanol–water partition coefficient (Wildman–Crippen LogP) is 4.33. The second-order valence-electron chi connectivity index (χ2n) is 9.21. The van der Waals surface area contributed by atoms with Gasteiger partial charge in [-0.25, -0.2) is 4.39 Å². The highest BCUT2D eigenvalue weighted by molar-refractivity contribution is 6.24. The first-order valence-corrected chi connectivity index (χ1v) is 11.9. The second-order valence-corrected chi connectivity index (χ2v) is 9.21. The molecule has 3 aromatic rings. The maximum absolute atomic E-state index is 13.9. The predicted molar refractivity (Wildman–Crippen MR) is 140 cm³/mol. The minimum atomic E-state index is -0.746. The smallest absolute Gasteiger partial charge is 0.238 e. The number of hydrogen-bond donors (Lipinski definition) is 1. The number of hydrogen-bond acceptors (Lipinski definition) is 6. The lowest BCUT2D eigenvalue weighted by Crippen LogP contribution is -2.35. The standard InChI is InChI=1S/C28H27FN4O4/c1-17(34)33(13-12-32(2)3)21-8-6-20(7-9-21)30-27(18-4-11-24-25(14-18)37-16-36-24)26-22-10-5-19(29)15-23(22)31-28(26)35/h4-11,14-15,26H,12-13,16H2,1-3H3,(H,31,35). The number of nitrogens with zero attached hydrogens (tertiary/aromatic N) is 3. The molecule has 2 aliphatic rings. The fraction of sp³-hybridized carbons (Fsp3) is 0.250. The molecule has 2 amide bonds. The second kappa shape index (κ2) is 10.0. The van der Waals surface area contributed by atoms with Crippen molar-refractivity contribution in [1.29, 1.82) is 0 Å². The zero-order chi connectivity index (χ0) is 26.1. The molecule has 5 rings (SSSR count). The average Bonchev–Trinajstić information content (AvgIpc) is 3.45. The van der Waals surface area contributed by atoms with Crippen molar-refractivity contribution in [3.63, 3.8) is 0 Å². The molecule has 9 heteroatoms. The molecule has 37 heavy (non-hydrogen) atoms. The van der Waals surface area contributed by atoms with Crippen LogP contribution in [0.1, 0.15) is 24.0 Å². The molecule has 0 aliphatic carbocycles. The van der Waals surface area contributed by atoms with Crippen molar-refractivity contribution in [2.24, 2.45) is 4.99 Å². The van der Waals surface area contributed by atoms with Gasteiger partial charge in [0.15, 0.2) is 11.5 Å². The number of anilines is 2. The van der Waals surface area contributed by atoms with E-state index in [0.717, 1.165) is 12.2 Å². The number of likely N-dealkylation sites (N-methyl/N-ethyl adjacent to an activating group) is 1. The first kappa shape index (κ1) is 24.5. The summed E-state index contributed by atoms with van der Waals surface area (Å²) in [5.74, 6) is -0.333. The van der Waals surface area contributed by atoms with Gasteiger partial charge in [-0.3, -0.25) is 14.6 Å². The average molecular weight is 503 g/mol. The van der Waals surface area contributed by atoms with Crippen molar-refractivity contribution in [2.45, 2.75) is 12.8 Å². The topological polar surface area (TPSA) is 83.5 Å². The van der Waals surface area contributed by atoms with Gasteiger partial charge in [-0.2, -0.15) is 0 Å². The number of fused-ring (bicyclic) bond motifs is 2. The Kier molecular flexibility index (Phi) is 6.62. The largest absolute Gasteiger partial charge is 0.454 e. The molecule has 3 aromatic carbocycles. The third-order valence-corrected chi connectivity index (χ3v) is 6.35. The molecule has 2 heterocycles. The van der Waals surface area contributed by atoms with Gasteiger partial charge in [0.2, 0.25) is 18.6 Å². The van der Waals surface area contributed by atoms with E-state index in [1.165, 1.54) is 12.1 Å². The van der Waals surface area contributed by atoms with Gasteiger partial charge < -0.3 is 24.6 Å². The number of aliphatic imine (C=N–C) groups is 1. The number of carbonyl (C=O) groups excluding carboxylic acids is 2. The summed E-state index contributed by atoms with van der Waals surface area (Å²) in [5.41, 5.74) is 3.61. The lowest BCUT2D eigenvalue weighted by atomic mass is 9.90. The molecule has 190 valence electrons. The number of nitrogens with one attached hydrogen (secondary N) is 1. The fourth-order valence-corrected chi connectivity index (χ4v) is 4.47. The van der Waals surface area contributed by atoms with E-state index in [-0.39, 0.29) is 18.6 Å². The molecule has 0 radical (unpaired) electrons. The highest BCUT2D eigenvalue weighted by Gasteiger charge is 2.36. The number of ether oxygens (including phenoxy) is 2. The number of carbonyl (C=O) groups is 2. The maximum Gasteiger partial charge on any atom is 0.238 e. The Hall–Kier alpha value is -4.24. The van der Waals surface area contributed by atoms with Crippen LogP contribution < -0.4 is 19.7 Å². The van der Waals surface area contributed by atoms with Gasteiger partial charge in [0.1, 0.15) is 11.7 Å². The van der Waals surface area contributed by atoms with Crippen LogP contribution in [-0.4, -0.2) is 56.4 Å². The Morgan fingerprint density at radius 2 is 1.78 bits per heavy atom. The lowest BCUT2D eigenvalue weighted by molar-refractivity contribution is -0.117. The van der Waals surface area contributed by atoms with Crippen molar-refractivity contribution in [3.8, 4) is 11.5 Å². The van der Waals surface area contributed by atoms with Gasteiger partial charge >= 0.3 is 0 Å². The van der Waals surface area contributed by atoms with Crippen LogP contribution in [0.25, 0.3) is 0 Å². The van der Waals surface area contributed by atoms with E-state index in [4.69, 9.17) is 14.5 Å². The summed E-state index contributed by atoms with van der Waals surface area (Å²) in [6.07, 6.45) is 0. The monoisotopic (exact) mass is 502 g/mol. The Morgan fingerprint density at radius 1 is 1.03 bits per heavy atom. The highest BCUT2D eigenvalue weighted by Crippen LogP contribution is 2.39. The summed E-state index contributed by atoms with van der Waals surface area (Å²) >= 11 is 0. The molecule has 1 unspecified atom stereocenters. The Balaban J connectivity index is 1.55. The normalized spacial score (nSPS) is 16.1. The molecule has 0 aromatic heterocycles. The minimum absolute atomic E-state index is 0.0504. The van der Waals surface area contributed by atoms with E-state index in [0.29, 0.717) is 46.3 Å². The number of halogens is 1. The molecule has 2 aliphatic heterocycles. The molecule has 1 atom stereocenters. The number of benzene rings is 3. The van der Waals surface area contributed by atoms with Crippen LogP contribution in [0, 0.1) is 5.82 Å². The van der Waals surface area contributed by atoms with Crippen molar-refractivity contribution in [3.05, 3.63) is 77.6 Å². The molecular weight excluding hydrogens is 475 g/mol. The number of amides is 2. The van der Waals surface area contributed by atoms with Gasteiger partial charge in [0.25, 0.3) is 0 Å². The summed E-state index contributed by atoms with van der Waals surface area (Å²) in [7, 11) is 3.92. The van der Waals surface area contributed by atoms with Crippen LogP contribution in [0.5, 0.6) is 11.5 Å². The van der Waals surface area contributed by atoms with E-state index < -0.39 is 11.7 Å². The van der Waals surface area contributed by atoms with Gasteiger partial charge in [0, 0.05) is 37.0 Å². The van der Waals surface area contributed by atoms with Crippen LogP contribution in [0.2, 0.25) is 0 Å². The van der Waals surface area contributed by atoms with E-state index in [1.807, 2.05) is 49.3 Å². The third-order valence-electron chi connectivity index (χ3n) is 6.35. The van der Waals surface area contributed by atoms with Crippen LogP contribution >= 0.6 is 0 Å². The van der Waals surface area contributed by atoms with Crippen LogP contribution in [0.4, 0.5) is 21.5 Å². The van der Waals surface area contributed by atoms with E-state index >= 15 is 0 Å². The van der Waals surface area contributed by atoms with E-state index in [2.05, 4.69) is 5.32 Å². The summed E-state index contributed by atoms with van der Waals surface area (Å²) in [6.45, 7) is 2.95.